The van der Waals surface area contributed by atoms with Crippen LogP contribution in [0.1, 0.15) is 41.3 Å². The monoisotopic (exact) mass is 420 g/mol. The first-order valence-corrected chi connectivity index (χ1v) is 10.2. The fourth-order valence-corrected chi connectivity index (χ4v) is 3.50. The number of urea groups is 1. The van der Waals surface area contributed by atoms with Crippen LogP contribution in [-0.2, 0) is 15.1 Å². The molecule has 3 N–H and O–H groups in total. The zero-order valence-electron chi connectivity index (χ0n) is 17.4. The van der Waals surface area contributed by atoms with E-state index in [1.165, 1.54) is 0 Å². The van der Waals surface area contributed by atoms with Crippen molar-refractivity contribution in [3.8, 4) is 0 Å². The van der Waals surface area contributed by atoms with E-state index in [4.69, 9.17) is 0 Å². The molecule has 1 aliphatic heterocycles. The van der Waals surface area contributed by atoms with Gasteiger partial charge >= 0.3 is 6.03 Å². The van der Waals surface area contributed by atoms with Gasteiger partial charge in [0.2, 0.25) is 5.91 Å². The molecule has 0 radical (unpaired) electrons. The van der Waals surface area contributed by atoms with Crippen molar-refractivity contribution in [2.24, 2.45) is 0 Å². The van der Waals surface area contributed by atoms with E-state index in [0.717, 1.165) is 23.3 Å². The fraction of sp³-hybridized carbons (Fsp3) is 0.304. The summed E-state index contributed by atoms with van der Waals surface area (Å²) in [4.78, 5) is 51.0. The number of anilines is 1. The average Bonchev–Trinajstić information content (AvgIpc) is 3.52. The van der Waals surface area contributed by atoms with Crippen LogP contribution in [0.2, 0.25) is 0 Å². The standard InChI is InChI=1S/C23H24N4O4/c1-14-6-8-16(9-7-14)23(2)21(30)27(22(31)26-23)13-19(28)24-18-5-3-4-15(12-18)20(29)25-17-10-11-17/h3-9,12,17H,10-11,13H2,1-2H3,(H,24,28)(H,25,29)(H,26,31). The smallest absolute Gasteiger partial charge is 0.325 e. The molecule has 1 heterocycles. The van der Waals surface area contributed by atoms with Crippen molar-refractivity contribution < 1.29 is 19.2 Å². The van der Waals surface area contributed by atoms with Crippen LogP contribution in [0, 0.1) is 6.92 Å². The highest BCUT2D eigenvalue weighted by molar-refractivity contribution is 6.10. The Balaban J connectivity index is 1.42. The molecule has 1 aliphatic carbocycles. The van der Waals surface area contributed by atoms with Crippen LogP contribution < -0.4 is 16.0 Å². The first-order chi connectivity index (χ1) is 14.8. The largest absolute Gasteiger partial charge is 0.349 e. The van der Waals surface area contributed by atoms with Crippen LogP contribution in [0.3, 0.4) is 0 Å². The third-order valence-electron chi connectivity index (χ3n) is 5.53. The summed E-state index contributed by atoms with van der Waals surface area (Å²) in [6.45, 7) is 3.13. The Morgan fingerprint density at radius 2 is 1.84 bits per heavy atom. The number of imide groups is 1. The van der Waals surface area contributed by atoms with Crippen LogP contribution in [0.4, 0.5) is 10.5 Å². The molecule has 2 fully saturated rings. The Hall–Kier alpha value is -3.68. The van der Waals surface area contributed by atoms with E-state index in [2.05, 4.69) is 16.0 Å². The second kappa shape index (κ2) is 7.86. The number of rotatable bonds is 6. The van der Waals surface area contributed by atoms with E-state index < -0.39 is 29.9 Å². The topological polar surface area (TPSA) is 108 Å². The minimum atomic E-state index is -1.23. The first-order valence-electron chi connectivity index (χ1n) is 10.2. The molecule has 0 spiro atoms. The average molecular weight is 420 g/mol. The zero-order valence-corrected chi connectivity index (χ0v) is 17.4. The number of hydrogen-bond acceptors (Lipinski definition) is 4. The lowest BCUT2D eigenvalue weighted by molar-refractivity contribution is -0.133. The highest BCUT2D eigenvalue weighted by Crippen LogP contribution is 2.29. The molecule has 4 rings (SSSR count). The van der Waals surface area contributed by atoms with Crippen LogP contribution in [0.5, 0.6) is 0 Å². The quantitative estimate of drug-likeness (QED) is 0.623. The molecule has 2 aliphatic rings. The summed E-state index contributed by atoms with van der Waals surface area (Å²) in [5.41, 5.74) is 1.31. The fourth-order valence-electron chi connectivity index (χ4n) is 3.50. The molecule has 1 unspecified atom stereocenters. The minimum Gasteiger partial charge on any atom is -0.349 e. The van der Waals surface area contributed by atoms with Gasteiger partial charge in [0.05, 0.1) is 0 Å². The van der Waals surface area contributed by atoms with Gasteiger partial charge in [-0.25, -0.2) is 4.79 Å². The Morgan fingerprint density at radius 1 is 1.13 bits per heavy atom. The first kappa shape index (κ1) is 20.6. The maximum atomic E-state index is 13.0. The van der Waals surface area contributed by atoms with E-state index in [-0.39, 0.29) is 11.9 Å². The molecule has 1 atom stereocenters. The summed E-state index contributed by atoms with van der Waals surface area (Å²) < 4.78 is 0. The predicted molar refractivity (Wildman–Crippen MR) is 114 cm³/mol. The minimum absolute atomic E-state index is 0.193. The summed E-state index contributed by atoms with van der Waals surface area (Å²) in [7, 11) is 0. The van der Waals surface area contributed by atoms with E-state index in [1.807, 2.05) is 19.1 Å². The molecule has 0 bridgehead atoms. The van der Waals surface area contributed by atoms with E-state index >= 15 is 0 Å². The van der Waals surface area contributed by atoms with Gasteiger partial charge in [-0.15, -0.1) is 0 Å². The Kier molecular flexibility index (Phi) is 5.22. The maximum Gasteiger partial charge on any atom is 0.325 e. The zero-order chi connectivity index (χ0) is 22.2. The van der Waals surface area contributed by atoms with Gasteiger partial charge in [0, 0.05) is 17.3 Å². The molecule has 31 heavy (non-hydrogen) atoms. The van der Waals surface area contributed by atoms with Crippen LogP contribution >= 0.6 is 0 Å². The van der Waals surface area contributed by atoms with Gasteiger partial charge in [-0.05, 0) is 50.5 Å². The number of amides is 5. The van der Waals surface area contributed by atoms with Crippen LogP contribution in [0.15, 0.2) is 48.5 Å². The highest BCUT2D eigenvalue weighted by Gasteiger charge is 2.49. The molecule has 0 aromatic heterocycles. The number of aryl methyl sites for hydroxylation is 1. The molecule has 160 valence electrons. The van der Waals surface area contributed by atoms with Crippen molar-refractivity contribution >= 4 is 29.4 Å². The number of carbonyl (C=O) groups is 4. The molecule has 5 amide bonds. The number of nitrogens with one attached hydrogen (secondary N) is 3. The van der Waals surface area contributed by atoms with Crippen LogP contribution in [0.25, 0.3) is 0 Å². The predicted octanol–water partition coefficient (Wildman–Crippen LogP) is 2.29. The normalized spacial score (nSPS) is 20.4. The van der Waals surface area contributed by atoms with Gasteiger partial charge in [0.15, 0.2) is 0 Å². The molecular formula is C23H24N4O4. The van der Waals surface area contributed by atoms with Gasteiger partial charge in [-0.1, -0.05) is 35.9 Å². The maximum absolute atomic E-state index is 13.0. The number of nitrogens with zero attached hydrogens (tertiary/aromatic N) is 1. The molecule has 1 saturated heterocycles. The Labute approximate surface area is 180 Å². The van der Waals surface area contributed by atoms with E-state index in [1.54, 1.807) is 43.3 Å². The van der Waals surface area contributed by atoms with Gasteiger partial charge in [0.1, 0.15) is 12.1 Å². The van der Waals surface area contributed by atoms with E-state index in [9.17, 15) is 19.2 Å². The van der Waals surface area contributed by atoms with Crippen molar-refractivity contribution in [1.82, 2.24) is 15.5 Å². The second-order valence-electron chi connectivity index (χ2n) is 8.19. The van der Waals surface area contributed by atoms with E-state index in [0.29, 0.717) is 16.8 Å². The lowest BCUT2D eigenvalue weighted by atomic mass is 9.91. The third-order valence-corrected chi connectivity index (χ3v) is 5.53. The highest BCUT2D eigenvalue weighted by atomic mass is 16.2. The number of carbonyl (C=O) groups excluding carboxylic acids is 4. The van der Waals surface area contributed by atoms with Crippen molar-refractivity contribution in [3.05, 3.63) is 65.2 Å². The summed E-state index contributed by atoms with van der Waals surface area (Å²) in [5, 5.41) is 8.24. The lowest BCUT2D eigenvalue weighted by Gasteiger charge is -2.22. The lowest BCUT2D eigenvalue weighted by Crippen LogP contribution is -2.42. The van der Waals surface area contributed by atoms with Gasteiger partial charge in [-0.2, -0.15) is 0 Å². The SMILES string of the molecule is Cc1ccc(C2(C)NC(=O)N(CC(=O)Nc3cccc(C(=O)NC4CC4)c3)C2=O)cc1. The van der Waals surface area contributed by atoms with Gasteiger partial charge in [0.25, 0.3) is 11.8 Å². The molecule has 1 saturated carbocycles. The summed E-state index contributed by atoms with van der Waals surface area (Å²) in [6.07, 6.45) is 1.96. The molecule has 8 heteroatoms. The van der Waals surface area contributed by atoms with Gasteiger partial charge < -0.3 is 16.0 Å². The number of hydrogen-bond donors (Lipinski definition) is 3. The second-order valence-corrected chi connectivity index (χ2v) is 8.19. The molecule has 8 nitrogen and oxygen atoms in total. The molecule has 2 aromatic rings. The van der Waals surface area contributed by atoms with Crippen molar-refractivity contribution in [2.45, 2.75) is 38.3 Å². The van der Waals surface area contributed by atoms with Crippen molar-refractivity contribution in [2.75, 3.05) is 11.9 Å². The summed E-state index contributed by atoms with van der Waals surface area (Å²) in [5.74, 6) is -1.22. The van der Waals surface area contributed by atoms with Crippen molar-refractivity contribution in [1.29, 1.82) is 0 Å². The third kappa shape index (κ3) is 4.28. The van der Waals surface area contributed by atoms with Crippen LogP contribution in [-0.4, -0.2) is 41.2 Å². The molecular weight excluding hydrogens is 396 g/mol. The van der Waals surface area contributed by atoms with Crippen molar-refractivity contribution in [3.63, 3.8) is 0 Å². The Bertz CT molecular complexity index is 1060. The molecule has 2 aromatic carbocycles. The van der Waals surface area contributed by atoms with Gasteiger partial charge in [-0.3, -0.25) is 19.3 Å². The number of benzene rings is 2. The summed E-state index contributed by atoms with van der Waals surface area (Å²) in [6, 6.07) is 13.5. The summed E-state index contributed by atoms with van der Waals surface area (Å²) >= 11 is 0. The Morgan fingerprint density at radius 3 is 2.52 bits per heavy atom.